The van der Waals surface area contributed by atoms with Crippen LogP contribution in [0.25, 0.3) is 5.82 Å². The number of nitrogens with one attached hydrogen (secondary N) is 1. The molecule has 0 saturated heterocycles. The molecule has 1 amide bonds. The molecule has 27 heavy (non-hydrogen) atoms. The number of hydrogen-bond acceptors (Lipinski definition) is 5. The van der Waals surface area contributed by atoms with E-state index < -0.39 is 29.2 Å². The molecule has 2 heterocycles. The highest BCUT2D eigenvalue weighted by Gasteiger charge is 2.32. The van der Waals surface area contributed by atoms with E-state index in [0.717, 1.165) is 16.8 Å². The molecule has 8 nitrogen and oxygen atoms in total. The summed E-state index contributed by atoms with van der Waals surface area (Å²) in [4.78, 5) is 27.1. The molecule has 0 bridgehead atoms. The lowest BCUT2D eigenvalue weighted by molar-refractivity contribution is -0.139. The van der Waals surface area contributed by atoms with E-state index in [0.29, 0.717) is 19.0 Å². The van der Waals surface area contributed by atoms with E-state index in [-0.39, 0.29) is 17.9 Å². The Labute approximate surface area is 152 Å². The zero-order chi connectivity index (χ0) is 20.2. The molecular weight excluding hydrogens is 367 g/mol. The van der Waals surface area contributed by atoms with Gasteiger partial charge in [-0.3, -0.25) is 9.59 Å². The van der Waals surface area contributed by atoms with Crippen LogP contribution in [0.4, 0.5) is 13.2 Å². The molecule has 0 aliphatic heterocycles. The van der Waals surface area contributed by atoms with Crippen LogP contribution in [0.15, 0.2) is 24.5 Å². The number of carbonyl (C=O) groups excluding carboxylic acids is 1. The minimum Gasteiger partial charge on any atom is -0.481 e. The average Bonchev–Trinajstić information content (AvgIpc) is 3.10. The van der Waals surface area contributed by atoms with Gasteiger partial charge in [0, 0.05) is 6.20 Å². The number of aliphatic carboxylic acids is 1. The molecule has 2 aromatic heterocycles. The van der Waals surface area contributed by atoms with E-state index in [4.69, 9.17) is 5.11 Å². The van der Waals surface area contributed by atoms with Gasteiger partial charge in [0.25, 0.3) is 5.91 Å². The van der Waals surface area contributed by atoms with Gasteiger partial charge in [-0.15, -0.1) is 5.10 Å². The van der Waals surface area contributed by atoms with Crippen molar-refractivity contribution in [1.29, 1.82) is 0 Å². The van der Waals surface area contributed by atoms with Crippen molar-refractivity contribution in [2.45, 2.75) is 44.8 Å². The Morgan fingerprint density at radius 3 is 2.37 bits per heavy atom. The Balaban J connectivity index is 2.19. The lowest BCUT2D eigenvalue weighted by atomic mass is 9.89. The Hall–Kier alpha value is -2.98. The maximum Gasteiger partial charge on any atom is 0.417 e. The van der Waals surface area contributed by atoms with Crippen LogP contribution >= 0.6 is 0 Å². The molecule has 146 valence electrons. The Morgan fingerprint density at radius 1 is 1.22 bits per heavy atom. The second-order valence-corrected chi connectivity index (χ2v) is 5.96. The largest absolute Gasteiger partial charge is 0.481 e. The van der Waals surface area contributed by atoms with Gasteiger partial charge in [-0.25, -0.2) is 9.67 Å². The van der Waals surface area contributed by atoms with E-state index >= 15 is 0 Å². The first kappa shape index (κ1) is 20.3. The fourth-order valence-corrected chi connectivity index (χ4v) is 2.48. The number of nitrogens with zero attached hydrogens (tertiary/aromatic N) is 4. The molecule has 0 saturated carbocycles. The van der Waals surface area contributed by atoms with Crippen LogP contribution in [0.2, 0.25) is 0 Å². The minimum absolute atomic E-state index is 0.0531. The topological polar surface area (TPSA) is 110 Å². The van der Waals surface area contributed by atoms with E-state index in [2.05, 4.69) is 20.6 Å². The summed E-state index contributed by atoms with van der Waals surface area (Å²) in [6.45, 7) is 3.52. The molecule has 0 unspecified atom stereocenters. The molecule has 0 fully saturated rings. The van der Waals surface area contributed by atoms with Crippen molar-refractivity contribution in [1.82, 2.24) is 25.3 Å². The number of halogens is 3. The summed E-state index contributed by atoms with van der Waals surface area (Å²) in [5.41, 5.74) is -1.94. The van der Waals surface area contributed by atoms with Gasteiger partial charge in [-0.2, -0.15) is 13.2 Å². The second kappa shape index (κ2) is 7.72. The fraction of sp³-hybridized carbons (Fsp3) is 0.438. The predicted octanol–water partition coefficient (Wildman–Crippen LogP) is 2.44. The van der Waals surface area contributed by atoms with Gasteiger partial charge in [-0.1, -0.05) is 19.1 Å². The highest BCUT2D eigenvalue weighted by molar-refractivity contribution is 5.92. The van der Waals surface area contributed by atoms with Crippen LogP contribution in [0.5, 0.6) is 0 Å². The summed E-state index contributed by atoms with van der Waals surface area (Å²) in [6, 6.07) is 1.95. The number of rotatable bonds is 7. The van der Waals surface area contributed by atoms with Gasteiger partial charge in [0.05, 0.1) is 23.7 Å². The summed E-state index contributed by atoms with van der Waals surface area (Å²) in [5.74, 6) is -1.62. The molecule has 2 N–H and O–H groups in total. The number of pyridine rings is 1. The zero-order valence-corrected chi connectivity index (χ0v) is 14.6. The van der Waals surface area contributed by atoms with E-state index in [1.54, 1.807) is 13.8 Å². The minimum atomic E-state index is -4.51. The molecule has 0 aliphatic rings. The van der Waals surface area contributed by atoms with Crippen LogP contribution in [0.3, 0.4) is 0 Å². The van der Waals surface area contributed by atoms with Gasteiger partial charge >= 0.3 is 12.1 Å². The van der Waals surface area contributed by atoms with Crippen LogP contribution in [-0.4, -0.2) is 42.5 Å². The van der Waals surface area contributed by atoms with Gasteiger partial charge in [-0.05, 0) is 25.0 Å². The first-order chi connectivity index (χ1) is 12.6. The van der Waals surface area contributed by atoms with Crippen molar-refractivity contribution >= 4 is 11.9 Å². The summed E-state index contributed by atoms with van der Waals surface area (Å²) >= 11 is 0. The van der Waals surface area contributed by atoms with Crippen LogP contribution < -0.4 is 5.32 Å². The van der Waals surface area contributed by atoms with E-state index in [1.807, 2.05) is 0 Å². The van der Waals surface area contributed by atoms with Crippen molar-refractivity contribution in [2.24, 2.45) is 0 Å². The number of carboxylic acids is 1. The zero-order valence-electron chi connectivity index (χ0n) is 14.6. The summed E-state index contributed by atoms with van der Waals surface area (Å²) in [6.07, 6.45) is -2.09. The standard InChI is InChI=1S/C16H18F3N5O3/c1-3-15(4-2,7-13(25)26)21-14(27)11-9-24(23-22-11)12-6-5-10(8-20-12)16(17,18)19/h5-6,8-9H,3-4,7H2,1-2H3,(H,21,27)(H,25,26). The molecule has 0 spiro atoms. The maximum atomic E-state index is 12.6. The van der Waals surface area contributed by atoms with Crippen molar-refractivity contribution in [2.75, 3.05) is 0 Å². The Kier molecular flexibility index (Phi) is 5.82. The highest BCUT2D eigenvalue weighted by Crippen LogP contribution is 2.28. The number of alkyl halides is 3. The van der Waals surface area contributed by atoms with Gasteiger partial charge in [0.2, 0.25) is 0 Å². The third-order valence-corrected chi connectivity index (χ3v) is 4.26. The van der Waals surface area contributed by atoms with Gasteiger partial charge in [0.15, 0.2) is 11.5 Å². The molecule has 2 aromatic rings. The quantitative estimate of drug-likeness (QED) is 0.758. The molecule has 2 rings (SSSR count). The van der Waals surface area contributed by atoms with Gasteiger partial charge < -0.3 is 10.4 Å². The van der Waals surface area contributed by atoms with E-state index in [9.17, 15) is 22.8 Å². The van der Waals surface area contributed by atoms with Crippen LogP contribution in [-0.2, 0) is 11.0 Å². The van der Waals surface area contributed by atoms with Crippen LogP contribution in [0, 0.1) is 0 Å². The second-order valence-electron chi connectivity index (χ2n) is 5.96. The average molecular weight is 385 g/mol. The first-order valence-electron chi connectivity index (χ1n) is 8.10. The number of amides is 1. The third kappa shape index (κ3) is 4.80. The van der Waals surface area contributed by atoms with Crippen molar-refractivity contribution in [3.63, 3.8) is 0 Å². The molecular formula is C16H18F3N5O3. The molecule has 0 aliphatic carbocycles. The smallest absolute Gasteiger partial charge is 0.417 e. The van der Waals surface area contributed by atoms with Gasteiger partial charge in [0.1, 0.15) is 0 Å². The lowest BCUT2D eigenvalue weighted by Crippen LogP contribution is -2.49. The van der Waals surface area contributed by atoms with Crippen molar-refractivity contribution < 1.29 is 27.9 Å². The number of carboxylic acid groups (broad SMARTS) is 1. The number of carbonyl (C=O) groups is 2. The van der Waals surface area contributed by atoms with E-state index in [1.165, 1.54) is 6.20 Å². The highest BCUT2D eigenvalue weighted by atomic mass is 19.4. The fourth-order valence-electron chi connectivity index (χ4n) is 2.48. The summed E-state index contributed by atoms with van der Waals surface area (Å²) < 4.78 is 38.8. The maximum absolute atomic E-state index is 12.6. The Bertz CT molecular complexity index is 813. The molecule has 0 atom stereocenters. The first-order valence-corrected chi connectivity index (χ1v) is 8.10. The van der Waals surface area contributed by atoms with Crippen LogP contribution in [0.1, 0.15) is 49.2 Å². The summed E-state index contributed by atoms with van der Waals surface area (Å²) in [5, 5.41) is 19.1. The monoisotopic (exact) mass is 385 g/mol. The lowest BCUT2D eigenvalue weighted by Gasteiger charge is -2.30. The third-order valence-electron chi connectivity index (χ3n) is 4.26. The SMILES string of the molecule is CCC(CC)(CC(=O)O)NC(=O)c1cn(-c2ccc(C(F)(F)F)cn2)nn1. The Morgan fingerprint density at radius 2 is 1.89 bits per heavy atom. The molecule has 0 aromatic carbocycles. The number of aromatic nitrogens is 4. The predicted molar refractivity (Wildman–Crippen MR) is 87.2 cm³/mol. The van der Waals surface area contributed by atoms with Crippen molar-refractivity contribution in [3.8, 4) is 5.82 Å². The van der Waals surface area contributed by atoms with Crippen molar-refractivity contribution in [3.05, 3.63) is 35.8 Å². The number of hydrogen-bond donors (Lipinski definition) is 2. The summed E-state index contributed by atoms with van der Waals surface area (Å²) in [7, 11) is 0. The normalized spacial score (nSPS) is 12.0. The molecule has 11 heteroatoms. The molecule has 0 radical (unpaired) electrons.